The van der Waals surface area contributed by atoms with Gasteiger partial charge in [0.15, 0.2) is 11.5 Å². The molecule has 0 aromatic heterocycles. The fraction of sp³-hybridized carbons (Fsp3) is 0.0435. The predicted molar refractivity (Wildman–Crippen MR) is 123 cm³/mol. The zero-order valence-corrected chi connectivity index (χ0v) is 18.8. The van der Waals surface area contributed by atoms with Gasteiger partial charge >= 0.3 is 17.8 Å². The molecule has 2 N–H and O–H groups in total. The lowest BCUT2D eigenvalue weighted by Gasteiger charge is -2.10. The van der Waals surface area contributed by atoms with Crippen LogP contribution in [0.5, 0.6) is 11.5 Å². The molecule has 0 bridgehead atoms. The lowest BCUT2D eigenvalue weighted by atomic mass is 10.2. The summed E-state index contributed by atoms with van der Waals surface area (Å²) in [5, 5.41) is 5.86. The average molecular weight is 514 g/mol. The number of carbonyl (C=O) groups excluding carboxylic acids is 3. The second-order valence-corrected chi connectivity index (χ2v) is 7.36. The smallest absolute Gasteiger partial charge is 0.343 e. The Bertz CT molecular complexity index is 1220. The van der Waals surface area contributed by atoms with Crippen LogP contribution in [0, 0.1) is 5.82 Å². The van der Waals surface area contributed by atoms with Gasteiger partial charge in [-0.3, -0.25) is 9.59 Å². The number of hydrazone groups is 1. The normalized spacial score (nSPS) is 10.5. The van der Waals surface area contributed by atoms with Crippen molar-refractivity contribution in [3.8, 4) is 11.5 Å². The van der Waals surface area contributed by atoms with E-state index in [-0.39, 0.29) is 17.2 Å². The van der Waals surface area contributed by atoms with E-state index in [1.54, 1.807) is 36.4 Å². The highest BCUT2D eigenvalue weighted by molar-refractivity contribution is 9.10. The van der Waals surface area contributed by atoms with E-state index < -0.39 is 23.6 Å². The van der Waals surface area contributed by atoms with Crippen molar-refractivity contribution in [1.82, 2.24) is 5.43 Å². The second kappa shape index (κ2) is 11.0. The van der Waals surface area contributed by atoms with Crippen molar-refractivity contribution in [1.29, 1.82) is 0 Å². The van der Waals surface area contributed by atoms with Gasteiger partial charge in [-0.25, -0.2) is 14.6 Å². The molecule has 0 atom stereocenters. The Morgan fingerprint density at radius 3 is 2.42 bits per heavy atom. The molecule has 0 fully saturated rings. The molecule has 168 valence electrons. The number of ether oxygens (including phenoxy) is 2. The molecule has 8 nitrogen and oxygen atoms in total. The SMILES string of the molecule is COc1cc(/C=N/NC(=O)C(=O)Nc2ccc(Br)cc2F)ccc1OC(=O)c1ccccc1. The highest BCUT2D eigenvalue weighted by Gasteiger charge is 2.15. The van der Waals surface area contributed by atoms with Crippen LogP contribution in [-0.2, 0) is 9.59 Å². The van der Waals surface area contributed by atoms with Gasteiger partial charge in [-0.1, -0.05) is 34.1 Å². The Kier molecular flexibility index (Phi) is 7.87. The summed E-state index contributed by atoms with van der Waals surface area (Å²) < 4.78 is 24.9. The number of amides is 2. The lowest BCUT2D eigenvalue weighted by Crippen LogP contribution is -2.32. The number of methoxy groups -OCH3 is 1. The highest BCUT2D eigenvalue weighted by Crippen LogP contribution is 2.28. The van der Waals surface area contributed by atoms with E-state index in [0.29, 0.717) is 15.6 Å². The summed E-state index contributed by atoms with van der Waals surface area (Å²) in [4.78, 5) is 36.0. The van der Waals surface area contributed by atoms with Crippen molar-refractivity contribution < 1.29 is 28.2 Å². The number of nitrogens with zero attached hydrogens (tertiary/aromatic N) is 1. The van der Waals surface area contributed by atoms with Crippen LogP contribution in [0.3, 0.4) is 0 Å². The molecule has 33 heavy (non-hydrogen) atoms. The molecule has 0 aliphatic rings. The summed E-state index contributed by atoms with van der Waals surface area (Å²) in [5.41, 5.74) is 2.78. The lowest BCUT2D eigenvalue weighted by molar-refractivity contribution is -0.136. The Hall–Kier alpha value is -4.05. The molecule has 0 unspecified atom stereocenters. The third-order valence-electron chi connectivity index (χ3n) is 4.17. The standard InChI is InChI=1S/C23H17BrFN3O5/c1-32-20-11-14(7-10-19(20)33-23(31)15-5-3-2-4-6-15)13-26-28-22(30)21(29)27-18-9-8-16(24)12-17(18)25/h2-13H,1H3,(H,27,29)(H,28,30)/b26-13+. The zero-order chi connectivity index (χ0) is 23.8. The monoisotopic (exact) mass is 513 g/mol. The molecule has 0 saturated heterocycles. The van der Waals surface area contributed by atoms with E-state index in [1.165, 1.54) is 37.6 Å². The quantitative estimate of drug-likeness (QED) is 0.171. The maximum atomic E-state index is 13.8. The van der Waals surface area contributed by atoms with E-state index >= 15 is 0 Å². The molecule has 0 aliphatic heterocycles. The van der Waals surface area contributed by atoms with E-state index in [9.17, 15) is 18.8 Å². The Morgan fingerprint density at radius 1 is 0.970 bits per heavy atom. The number of halogens is 2. The van der Waals surface area contributed by atoms with Crippen LogP contribution >= 0.6 is 15.9 Å². The zero-order valence-electron chi connectivity index (χ0n) is 17.2. The van der Waals surface area contributed by atoms with Crippen molar-refractivity contribution in [3.63, 3.8) is 0 Å². The third kappa shape index (κ3) is 6.47. The number of hydrogen-bond acceptors (Lipinski definition) is 6. The summed E-state index contributed by atoms with van der Waals surface area (Å²) in [5.74, 6) is -2.96. The molecule has 0 spiro atoms. The maximum absolute atomic E-state index is 13.8. The predicted octanol–water partition coefficient (Wildman–Crippen LogP) is 3.90. The number of carbonyl (C=O) groups is 3. The van der Waals surface area contributed by atoms with Crippen molar-refractivity contribution in [2.75, 3.05) is 12.4 Å². The molecule has 0 heterocycles. The van der Waals surface area contributed by atoms with Crippen LogP contribution in [0.25, 0.3) is 0 Å². The largest absolute Gasteiger partial charge is 0.493 e. The first-order chi connectivity index (χ1) is 15.9. The fourth-order valence-electron chi connectivity index (χ4n) is 2.57. The molecule has 0 saturated carbocycles. The molecule has 0 radical (unpaired) electrons. The first kappa shape index (κ1) is 23.6. The number of anilines is 1. The van der Waals surface area contributed by atoms with Crippen molar-refractivity contribution in [2.24, 2.45) is 5.10 Å². The Balaban J connectivity index is 1.60. The average Bonchev–Trinajstić information content (AvgIpc) is 2.82. The number of benzene rings is 3. The summed E-state index contributed by atoms with van der Waals surface area (Å²) >= 11 is 3.10. The number of hydrogen-bond donors (Lipinski definition) is 2. The Morgan fingerprint density at radius 2 is 1.73 bits per heavy atom. The van der Waals surface area contributed by atoms with Crippen LogP contribution in [0.1, 0.15) is 15.9 Å². The van der Waals surface area contributed by atoms with Gasteiger partial charge in [0.1, 0.15) is 5.82 Å². The third-order valence-corrected chi connectivity index (χ3v) is 4.66. The van der Waals surface area contributed by atoms with Gasteiger partial charge in [0.25, 0.3) is 0 Å². The minimum Gasteiger partial charge on any atom is -0.493 e. The molecule has 2 amide bonds. The van der Waals surface area contributed by atoms with E-state index in [4.69, 9.17) is 9.47 Å². The minimum absolute atomic E-state index is 0.146. The van der Waals surface area contributed by atoms with Crippen LogP contribution in [0.15, 0.2) is 76.3 Å². The Labute approximate surface area is 196 Å². The molecule has 3 aromatic rings. The number of rotatable bonds is 6. The molecular weight excluding hydrogens is 497 g/mol. The van der Waals surface area contributed by atoms with Crippen molar-refractivity contribution >= 4 is 45.6 Å². The van der Waals surface area contributed by atoms with Gasteiger partial charge in [0, 0.05) is 4.47 Å². The van der Waals surface area contributed by atoms with Crippen LogP contribution in [0.2, 0.25) is 0 Å². The minimum atomic E-state index is -1.09. The summed E-state index contributed by atoms with van der Waals surface area (Å²) in [6, 6.07) is 17.1. The summed E-state index contributed by atoms with van der Waals surface area (Å²) in [6.07, 6.45) is 1.26. The maximum Gasteiger partial charge on any atom is 0.343 e. The first-order valence-corrected chi connectivity index (χ1v) is 10.2. The van der Waals surface area contributed by atoms with Crippen molar-refractivity contribution in [3.05, 3.63) is 88.1 Å². The highest BCUT2D eigenvalue weighted by atomic mass is 79.9. The van der Waals surface area contributed by atoms with Crippen molar-refractivity contribution in [2.45, 2.75) is 0 Å². The molecule has 3 rings (SSSR count). The van der Waals surface area contributed by atoms with E-state index in [2.05, 4.69) is 26.3 Å². The molecule has 3 aromatic carbocycles. The van der Waals surface area contributed by atoms with Crippen LogP contribution < -0.4 is 20.2 Å². The molecule has 10 heteroatoms. The van der Waals surface area contributed by atoms with Gasteiger partial charge < -0.3 is 14.8 Å². The number of nitrogens with one attached hydrogen (secondary N) is 2. The van der Waals surface area contributed by atoms with E-state index in [1.807, 2.05) is 5.43 Å². The van der Waals surface area contributed by atoms with Gasteiger partial charge in [-0.2, -0.15) is 5.10 Å². The number of esters is 1. The molecule has 0 aliphatic carbocycles. The van der Waals surface area contributed by atoms with Gasteiger partial charge in [0.05, 0.1) is 24.6 Å². The topological polar surface area (TPSA) is 106 Å². The second-order valence-electron chi connectivity index (χ2n) is 6.44. The van der Waals surface area contributed by atoms with Crippen LogP contribution in [0.4, 0.5) is 10.1 Å². The fourth-order valence-corrected chi connectivity index (χ4v) is 2.90. The molecular formula is C23H17BrFN3O5. The van der Waals surface area contributed by atoms with E-state index in [0.717, 1.165) is 6.07 Å². The van der Waals surface area contributed by atoms with Gasteiger partial charge in [-0.15, -0.1) is 0 Å². The summed E-state index contributed by atoms with van der Waals surface area (Å²) in [6.45, 7) is 0. The summed E-state index contributed by atoms with van der Waals surface area (Å²) in [7, 11) is 1.41. The van der Waals surface area contributed by atoms with Gasteiger partial charge in [-0.05, 0) is 54.1 Å². The van der Waals surface area contributed by atoms with Crippen LogP contribution in [-0.4, -0.2) is 31.1 Å². The van der Waals surface area contributed by atoms with Gasteiger partial charge in [0.2, 0.25) is 0 Å². The first-order valence-electron chi connectivity index (χ1n) is 9.42.